The highest BCUT2D eigenvalue weighted by atomic mass is 32.2. The Balaban J connectivity index is 2.10. The molecule has 8 heteroatoms. The quantitative estimate of drug-likeness (QED) is 0.799. The Morgan fingerprint density at radius 2 is 2.05 bits per heavy atom. The van der Waals surface area contributed by atoms with Crippen LogP contribution in [-0.2, 0) is 7.05 Å². The molecule has 1 heterocycles. The molecule has 0 aliphatic rings. The van der Waals surface area contributed by atoms with E-state index in [4.69, 9.17) is 8.92 Å². The minimum absolute atomic E-state index is 0.0890. The number of benzene rings is 1. The fourth-order valence-corrected chi connectivity index (χ4v) is 1.86. The largest absolute Gasteiger partial charge is 0.464 e. The highest BCUT2D eigenvalue weighted by molar-refractivity contribution is 8.09. The van der Waals surface area contributed by atoms with Gasteiger partial charge in [0, 0.05) is 7.05 Å². The summed E-state index contributed by atoms with van der Waals surface area (Å²) in [4.78, 5) is 23.7. The standard InChI is InChI=1S/C12H13N3O4S/c1-3-18-10-13-15(11(16)14(10)2)12(17)20-19-9-7-5-4-6-8-9/h4-8H,3H2,1-2H3. The lowest BCUT2D eigenvalue weighted by Crippen LogP contribution is -2.27. The van der Waals surface area contributed by atoms with Crippen molar-refractivity contribution >= 4 is 17.3 Å². The Morgan fingerprint density at radius 1 is 1.35 bits per heavy atom. The van der Waals surface area contributed by atoms with Crippen LogP contribution in [0.3, 0.4) is 0 Å². The van der Waals surface area contributed by atoms with E-state index in [1.165, 1.54) is 7.05 Å². The van der Waals surface area contributed by atoms with Crippen molar-refractivity contribution in [3.05, 3.63) is 40.8 Å². The summed E-state index contributed by atoms with van der Waals surface area (Å²) in [7, 11) is 1.48. The lowest BCUT2D eigenvalue weighted by atomic mass is 10.3. The SMILES string of the molecule is CCOc1nn(C(=O)SOc2ccccc2)c(=O)n1C. The maximum Gasteiger partial charge on any atom is 0.356 e. The molecular formula is C12H13N3O4S. The van der Waals surface area contributed by atoms with Crippen molar-refractivity contribution in [3.8, 4) is 11.8 Å². The van der Waals surface area contributed by atoms with Gasteiger partial charge in [0.1, 0.15) is 5.75 Å². The minimum atomic E-state index is -0.639. The second kappa shape index (κ2) is 6.29. The summed E-state index contributed by atoms with van der Waals surface area (Å²) in [5.41, 5.74) is -0.581. The third-order valence-corrected chi connectivity index (χ3v) is 2.93. The van der Waals surface area contributed by atoms with Crippen LogP contribution in [0.4, 0.5) is 4.79 Å². The molecule has 1 aromatic heterocycles. The second-order valence-corrected chi connectivity index (χ2v) is 4.40. The molecule has 0 saturated carbocycles. The Morgan fingerprint density at radius 3 is 2.70 bits per heavy atom. The van der Waals surface area contributed by atoms with E-state index in [1.807, 2.05) is 6.07 Å². The molecule has 106 valence electrons. The van der Waals surface area contributed by atoms with E-state index in [0.717, 1.165) is 4.57 Å². The summed E-state index contributed by atoms with van der Waals surface area (Å²) in [6.45, 7) is 2.12. The smallest absolute Gasteiger partial charge is 0.356 e. The van der Waals surface area contributed by atoms with Gasteiger partial charge in [0.25, 0.3) is 0 Å². The van der Waals surface area contributed by atoms with Gasteiger partial charge in [0.15, 0.2) is 12.0 Å². The van der Waals surface area contributed by atoms with Gasteiger partial charge >= 0.3 is 16.9 Å². The number of para-hydroxylation sites is 1. The molecule has 0 amide bonds. The number of ether oxygens (including phenoxy) is 1. The van der Waals surface area contributed by atoms with E-state index in [2.05, 4.69) is 5.10 Å². The number of carbonyl (C=O) groups excluding carboxylic acids is 1. The molecule has 0 saturated heterocycles. The summed E-state index contributed by atoms with van der Waals surface area (Å²) in [6, 6.07) is 8.88. The first-order chi connectivity index (χ1) is 9.63. The van der Waals surface area contributed by atoms with Gasteiger partial charge in [-0.1, -0.05) is 18.2 Å². The zero-order chi connectivity index (χ0) is 14.5. The third-order valence-electron chi connectivity index (χ3n) is 2.34. The van der Waals surface area contributed by atoms with Crippen molar-refractivity contribution in [2.75, 3.05) is 6.61 Å². The normalized spacial score (nSPS) is 10.3. The van der Waals surface area contributed by atoms with Crippen molar-refractivity contribution in [1.29, 1.82) is 0 Å². The number of nitrogens with zero attached hydrogens (tertiary/aromatic N) is 3. The zero-order valence-electron chi connectivity index (χ0n) is 11.0. The first-order valence-electron chi connectivity index (χ1n) is 5.86. The van der Waals surface area contributed by atoms with Crippen molar-refractivity contribution in [2.24, 2.45) is 7.05 Å². The minimum Gasteiger partial charge on any atom is -0.464 e. The van der Waals surface area contributed by atoms with Gasteiger partial charge < -0.3 is 8.92 Å². The van der Waals surface area contributed by atoms with Gasteiger partial charge in [0.05, 0.1) is 6.61 Å². The van der Waals surface area contributed by atoms with Gasteiger partial charge in [-0.15, -0.1) is 9.78 Å². The van der Waals surface area contributed by atoms with Crippen LogP contribution < -0.4 is 14.6 Å². The molecule has 7 nitrogen and oxygen atoms in total. The molecule has 0 atom stereocenters. The van der Waals surface area contributed by atoms with Crippen LogP contribution >= 0.6 is 12.0 Å². The lowest BCUT2D eigenvalue weighted by Gasteiger charge is -2.01. The number of hydrogen-bond acceptors (Lipinski definition) is 6. The molecule has 0 aliphatic heterocycles. The van der Waals surface area contributed by atoms with Gasteiger partial charge in [0.2, 0.25) is 0 Å². The van der Waals surface area contributed by atoms with Crippen LogP contribution in [0.1, 0.15) is 6.92 Å². The average molecular weight is 295 g/mol. The van der Waals surface area contributed by atoms with Crippen LogP contribution in [0, 0.1) is 0 Å². The Hall–Kier alpha value is -2.22. The van der Waals surface area contributed by atoms with Crippen LogP contribution in [0.15, 0.2) is 35.1 Å². The molecule has 0 fully saturated rings. The first kappa shape index (κ1) is 14.2. The molecule has 0 bridgehead atoms. The maximum atomic E-state index is 11.9. The van der Waals surface area contributed by atoms with Crippen molar-refractivity contribution in [2.45, 2.75) is 6.92 Å². The molecule has 0 radical (unpaired) electrons. The van der Waals surface area contributed by atoms with Gasteiger partial charge in [-0.2, -0.15) is 0 Å². The van der Waals surface area contributed by atoms with Crippen molar-refractivity contribution in [3.63, 3.8) is 0 Å². The van der Waals surface area contributed by atoms with Crippen LogP contribution in [0.2, 0.25) is 0 Å². The molecule has 0 spiro atoms. The van der Waals surface area contributed by atoms with Crippen molar-refractivity contribution in [1.82, 2.24) is 14.3 Å². The number of rotatable bonds is 4. The van der Waals surface area contributed by atoms with E-state index in [-0.39, 0.29) is 6.01 Å². The summed E-state index contributed by atoms with van der Waals surface area (Å²) in [6.07, 6.45) is 0. The average Bonchev–Trinajstić information content (AvgIpc) is 2.75. The number of carbonyl (C=O) groups is 1. The van der Waals surface area contributed by atoms with E-state index < -0.39 is 10.9 Å². The topological polar surface area (TPSA) is 75.4 Å². The van der Waals surface area contributed by atoms with Crippen LogP contribution in [-0.4, -0.2) is 26.2 Å². The Kier molecular flexibility index (Phi) is 4.46. The molecule has 20 heavy (non-hydrogen) atoms. The third kappa shape index (κ3) is 3.02. The van der Waals surface area contributed by atoms with Gasteiger partial charge in [-0.25, -0.2) is 9.36 Å². The lowest BCUT2D eigenvalue weighted by molar-refractivity contribution is 0.256. The first-order valence-corrected chi connectivity index (χ1v) is 6.60. The van der Waals surface area contributed by atoms with E-state index in [1.54, 1.807) is 31.2 Å². The predicted molar refractivity (Wildman–Crippen MR) is 74.1 cm³/mol. The van der Waals surface area contributed by atoms with Gasteiger partial charge in [-0.3, -0.25) is 4.79 Å². The molecule has 1 aromatic carbocycles. The summed E-state index contributed by atoms with van der Waals surface area (Å²) >= 11 is 0.530. The fourth-order valence-electron chi connectivity index (χ4n) is 1.39. The van der Waals surface area contributed by atoms with Crippen molar-refractivity contribution < 1.29 is 13.7 Å². The molecule has 2 rings (SSSR count). The molecule has 2 aromatic rings. The zero-order valence-corrected chi connectivity index (χ0v) is 11.8. The van der Waals surface area contributed by atoms with E-state index in [9.17, 15) is 9.59 Å². The molecule has 0 aliphatic carbocycles. The second-order valence-electron chi connectivity index (χ2n) is 3.71. The highest BCUT2D eigenvalue weighted by Crippen LogP contribution is 2.16. The molecule has 0 unspecified atom stereocenters. The summed E-state index contributed by atoms with van der Waals surface area (Å²) < 4.78 is 12.2. The fraction of sp³-hybridized carbons (Fsp3) is 0.250. The van der Waals surface area contributed by atoms with Crippen LogP contribution in [0.5, 0.6) is 11.8 Å². The summed E-state index contributed by atoms with van der Waals surface area (Å²) in [5, 5.41) is 3.17. The maximum absolute atomic E-state index is 11.9. The molecule has 0 N–H and O–H groups in total. The predicted octanol–water partition coefficient (Wildman–Crippen LogP) is 1.68. The Bertz CT molecular complexity index is 650. The highest BCUT2D eigenvalue weighted by Gasteiger charge is 2.18. The number of aromatic nitrogens is 3. The summed E-state index contributed by atoms with van der Waals surface area (Å²) in [5.74, 6) is 0.514. The van der Waals surface area contributed by atoms with Gasteiger partial charge in [-0.05, 0) is 19.1 Å². The van der Waals surface area contributed by atoms with E-state index in [0.29, 0.717) is 29.1 Å². The van der Waals surface area contributed by atoms with E-state index >= 15 is 0 Å². The number of hydrogen-bond donors (Lipinski definition) is 0. The molecular weight excluding hydrogens is 282 g/mol. The Labute approximate surface area is 119 Å². The monoisotopic (exact) mass is 295 g/mol. The van der Waals surface area contributed by atoms with Crippen LogP contribution in [0.25, 0.3) is 0 Å².